The van der Waals surface area contributed by atoms with Crippen LogP contribution in [0.4, 0.5) is 0 Å². The van der Waals surface area contributed by atoms with Gasteiger partial charge in [-0.15, -0.1) is 22.9 Å². The van der Waals surface area contributed by atoms with Gasteiger partial charge in [-0.25, -0.2) is 0 Å². The summed E-state index contributed by atoms with van der Waals surface area (Å²) in [6.07, 6.45) is 0. The second kappa shape index (κ2) is 6.04. The van der Waals surface area contributed by atoms with Crippen LogP contribution in [0.2, 0.25) is 5.02 Å². The summed E-state index contributed by atoms with van der Waals surface area (Å²) in [6.45, 7) is 4.00. The van der Waals surface area contributed by atoms with E-state index in [1.54, 1.807) is 18.4 Å². The highest BCUT2D eigenvalue weighted by Crippen LogP contribution is 2.43. The molecule has 0 aliphatic heterocycles. The van der Waals surface area contributed by atoms with Gasteiger partial charge < -0.3 is 4.74 Å². The topological polar surface area (TPSA) is 9.23 Å². The second-order valence-electron chi connectivity index (χ2n) is 4.30. The summed E-state index contributed by atoms with van der Waals surface area (Å²) < 4.78 is 6.44. The molecule has 0 aliphatic rings. The molecular weight excluding hydrogens is 367 g/mol. The third-order valence-corrected chi connectivity index (χ3v) is 6.16. The van der Waals surface area contributed by atoms with Crippen molar-refractivity contribution in [2.45, 2.75) is 19.2 Å². The quantitative estimate of drug-likeness (QED) is 0.584. The Bertz CT molecular complexity index is 610. The summed E-state index contributed by atoms with van der Waals surface area (Å²) in [4.78, 5) is 0.954. The molecule has 2 rings (SSSR count). The SMILES string of the molecule is COc1cc(C)c(Br)cc1C(Cl)c1scc(C)c1Cl. The molecule has 19 heavy (non-hydrogen) atoms. The highest BCUT2D eigenvalue weighted by atomic mass is 79.9. The first-order chi connectivity index (χ1) is 8.95. The van der Waals surface area contributed by atoms with E-state index in [0.29, 0.717) is 0 Å². The number of methoxy groups -OCH3 is 1. The minimum absolute atomic E-state index is 0.307. The minimum atomic E-state index is -0.307. The van der Waals surface area contributed by atoms with E-state index in [2.05, 4.69) is 15.9 Å². The van der Waals surface area contributed by atoms with Crippen LogP contribution in [0.3, 0.4) is 0 Å². The molecule has 0 spiro atoms. The van der Waals surface area contributed by atoms with Crippen molar-refractivity contribution < 1.29 is 4.74 Å². The largest absolute Gasteiger partial charge is 0.496 e. The summed E-state index contributed by atoms with van der Waals surface area (Å²) in [5.74, 6) is 0.780. The third-order valence-electron chi connectivity index (χ3n) is 2.94. The fraction of sp³-hybridized carbons (Fsp3) is 0.286. The van der Waals surface area contributed by atoms with Gasteiger partial charge in [-0.2, -0.15) is 0 Å². The van der Waals surface area contributed by atoms with E-state index in [-0.39, 0.29) is 5.38 Å². The van der Waals surface area contributed by atoms with Gasteiger partial charge in [0.2, 0.25) is 0 Å². The van der Waals surface area contributed by atoms with E-state index in [0.717, 1.165) is 36.8 Å². The Kier molecular flexibility index (Phi) is 4.83. The van der Waals surface area contributed by atoms with Gasteiger partial charge in [0.15, 0.2) is 0 Å². The first-order valence-corrected chi connectivity index (χ1v) is 8.16. The molecule has 102 valence electrons. The molecule has 0 fully saturated rings. The molecule has 1 atom stereocenters. The molecule has 1 unspecified atom stereocenters. The van der Waals surface area contributed by atoms with Crippen molar-refractivity contribution in [3.05, 3.63) is 48.6 Å². The molecule has 0 saturated heterocycles. The average Bonchev–Trinajstić information content (AvgIpc) is 2.72. The molecule has 5 heteroatoms. The van der Waals surface area contributed by atoms with E-state index >= 15 is 0 Å². The highest BCUT2D eigenvalue weighted by molar-refractivity contribution is 9.10. The number of hydrogen-bond acceptors (Lipinski definition) is 2. The van der Waals surface area contributed by atoms with E-state index in [4.69, 9.17) is 27.9 Å². The van der Waals surface area contributed by atoms with Crippen LogP contribution in [0.1, 0.15) is 26.9 Å². The van der Waals surface area contributed by atoms with Gasteiger partial charge in [0, 0.05) is 14.9 Å². The molecular formula is C14H13BrCl2OS. The van der Waals surface area contributed by atoms with Gasteiger partial charge in [0.1, 0.15) is 5.75 Å². The Morgan fingerprint density at radius 2 is 1.95 bits per heavy atom. The van der Waals surface area contributed by atoms with E-state index in [1.165, 1.54) is 0 Å². The monoisotopic (exact) mass is 378 g/mol. The lowest BCUT2D eigenvalue weighted by Crippen LogP contribution is -1.98. The van der Waals surface area contributed by atoms with Crippen LogP contribution in [0.5, 0.6) is 5.75 Å². The van der Waals surface area contributed by atoms with E-state index in [9.17, 15) is 0 Å². The molecule has 0 saturated carbocycles. The zero-order valence-electron chi connectivity index (χ0n) is 10.8. The van der Waals surface area contributed by atoms with Crippen molar-refractivity contribution in [1.29, 1.82) is 0 Å². The zero-order chi connectivity index (χ0) is 14.2. The van der Waals surface area contributed by atoms with Crippen LogP contribution in [0.15, 0.2) is 22.0 Å². The Labute approximate surface area is 135 Å². The summed E-state index contributed by atoms with van der Waals surface area (Å²) in [7, 11) is 1.65. The van der Waals surface area contributed by atoms with E-state index in [1.807, 2.05) is 31.4 Å². The zero-order valence-corrected chi connectivity index (χ0v) is 14.7. The molecule has 0 bridgehead atoms. The fourth-order valence-electron chi connectivity index (χ4n) is 1.81. The van der Waals surface area contributed by atoms with Crippen molar-refractivity contribution in [1.82, 2.24) is 0 Å². The molecule has 0 radical (unpaired) electrons. The van der Waals surface area contributed by atoms with Gasteiger partial charge in [-0.05, 0) is 42.5 Å². The van der Waals surface area contributed by atoms with E-state index < -0.39 is 0 Å². The first-order valence-electron chi connectivity index (χ1n) is 5.67. The molecule has 1 heterocycles. The molecule has 0 aliphatic carbocycles. The highest BCUT2D eigenvalue weighted by Gasteiger charge is 2.21. The number of rotatable bonds is 3. The second-order valence-corrected chi connectivity index (χ2v) is 6.88. The first kappa shape index (κ1) is 15.2. The normalized spacial score (nSPS) is 12.5. The van der Waals surface area contributed by atoms with Gasteiger partial charge in [-0.1, -0.05) is 27.5 Å². The van der Waals surface area contributed by atoms with Gasteiger partial charge in [0.25, 0.3) is 0 Å². The lowest BCUT2D eigenvalue weighted by atomic mass is 10.1. The summed E-state index contributed by atoms with van der Waals surface area (Å²) in [5, 5.41) is 2.45. The van der Waals surface area contributed by atoms with Crippen molar-refractivity contribution in [3.63, 3.8) is 0 Å². The predicted octanol–water partition coefficient (Wildman–Crippen LogP) is 6.12. The predicted molar refractivity (Wildman–Crippen MR) is 87.2 cm³/mol. The van der Waals surface area contributed by atoms with Crippen molar-refractivity contribution in [3.8, 4) is 5.75 Å². The maximum atomic E-state index is 6.58. The summed E-state index contributed by atoms with van der Waals surface area (Å²) in [6, 6.07) is 3.97. The molecule has 1 aromatic heterocycles. The Morgan fingerprint density at radius 1 is 1.26 bits per heavy atom. The Balaban J connectivity index is 2.52. The standard InChI is InChI=1S/C14H13BrCl2OS/c1-7-4-11(18-3)9(5-10(7)15)13(17)14-12(16)8(2)6-19-14/h4-6,13H,1-3H3. The van der Waals surface area contributed by atoms with Crippen LogP contribution in [-0.4, -0.2) is 7.11 Å². The Morgan fingerprint density at radius 3 is 2.47 bits per heavy atom. The molecule has 0 amide bonds. The Hall–Kier alpha value is -0.220. The van der Waals surface area contributed by atoms with Crippen LogP contribution in [0.25, 0.3) is 0 Å². The van der Waals surface area contributed by atoms with Crippen LogP contribution >= 0.6 is 50.5 Å². The van der Waals surface area contributed by atoms with Crippen LogP contribution in [-0.2, 0) is 0 Å². The fourth-order valence-corrected chi connectivity index (χ4v) is 3.95. The number of benzene rings is 1. The molecule has 2 aromatic rings. The number of alkyl halides is 1. The number of aryl methyl sites for hydroxylation is 2. The van der Waals surface area contributed by atoms with Crippen molar-refractivity contribution in [2.24, 2.45) is 0 Å². The molecule has 1 nitrogen and oxygen atoms in total. The number of halogens is 3. The molecule has 1 aromatic carbocycles. The van der Waals surface area contributed by atoms with Crippen LogP contribution in [0, 0.1) is 13.8 Å². The summed E-state index contributed by atoms with van der Waals surface area (Å²) >= 11 is 18.0. The van der Waals surface area contributed by atoms with Gasteiger partial charge >= 0.3 is 0 Å². The maximum Gasteiger partial charge on any atom is 0.124 e. The maximum absolute atomic E-state index is 6.58. The summed E-state index contributed by atoms with van der Waals surface area (Å²) in [5.41, 5.74) is 3.08. The van der Waals surface area contributed by atoms with Gasteiger partial charge in [-0.3, -0.25) is 0 Å². The van der Waals surface area contributed by atoms with Crippen LogP contribution < -0.4 is 4.74 Å². The lowest BCUT2D eigenvalue weighted by molar-refractivity contribution is 0.410. The number of thiophene rings is 1. The number of hydrogen-bond donors (Lipinski definition) is 0. The van der Waals surface area contributed by atoms with Crippen molar-refractivity contribution in [2.75, 3.05) is 7.11 Å². The smallest absolute Gasteiger partial charge is 0.124 e. The molecule has 0 N–H and O–H groups in total. The average molecular weight is 380 g/mol. The van der Waals surface area contributed by atoms with Gasteiger partial charge in [0.05, 0.1) is 17.5 Å². The third kappa shape index (κ3) is 2.94. The lowest BCUT2D eigenvalue weighted by Gasteiger charge is -2.15. The number of ether oxygens (including phenoxy) is 1. The minimum Gasteiger partial charge on any atom is -0.496 e. The van der Waals surface area contributed by atoms with Crippen molar-refractivity contribution >= 4 is 50.5 Å².